The standard InChI is InChI=1S/C12H19NO5/c1-12(2,3)18-11(16)13-5-7-4-8(10(14)15)17-9(7)6-13/h7-9H,4-6H2,1-3H3,(H,14,15)/t7-,8-,9+/m0/s1. The van der Waals surface area contributed by atoms with Gasteiger partial charge < -0.3 is 19.5 Å². The molecule has 0 bridgehead atoms. The SMILES string of the molecule is CC(C)(C)OC(=O)N1C[C@@H]2C[C@@H](C(=O)O)O[C@@H]2C1. The highest BCUT2D eigenvalue weighted by molar-refractivity contribution is 5.73. The number of fused-ring (bicyclic) bond motifs is 1. The lowest BCUT2D eigenvalue weighted by atomic mass is 10.0. The van der Waals surface area contributed by atoms with Gasteiger partial charge in [-0.15, -0.1) is 0 Å². The highest BCUT2D eigenvalue weighted by Crippen LogP contribution is 2.33. The van der Waals surface area contributed by atoms with Crippen molar-refractivity contribution in [3.8, 4) is 0 Å². The highest BCUT2D eigenvalue weighted by atomic mass is 16.6. The summed E-state index contributed by atoms with van der Waals surface area (Å²) >= 11 is 0. The van der Waals surface area contributed by atoms with Crippen molar-refractivity contribution in [1.82, 2.24) is 4.90 Å². The van der Waals surface area contributed by atoms with Gasteiger partial charge in [0.1, 0.15) is 5.60 Å². The van der Waals surface area contributed by atoms with E-state index in [0.717, 1.165) is 0 Å². The molecule has 6 heteroatoms. The number of carboxylic acids is 1. The number of likely N-dealkylation sites (tertiary alicyclic amines) is 1. The van der Waals surface area contributed by atoms with Gasteiger partial charge >= 0.3 is 12.1 Å². The van der Waals surface area contributed by atoms with Gasteiger partial charge in [-0.2, -0.15) is 0 Å². The fraction of sp³-hybridized carbons (Fsp3) is 0.833. The Morgan fingerprint density at radius 1 is 1.33 bits per heavy atom. The minimum atomic E-state index is -0.923. The number of hydrogen-bond donors (Lipinski definition) is 1. The number of ether oxygens (including phenoxy) is 2. The van der Waals surface area contributed by atoms with Crippen molar-refractivity contribution in [1.29, 1.82) is 0 Å². The summed E-state index contributed by atoms with van der Waals surface area (Å²) < 4.78 is 10.7. The van der Waals surface area contributed by atoms with Crippen molar-refractivity contribution in [2.24, 2.45) is 5.92 Å². The van der Waals surface area contributed by atoms with Crippen LogP contribution >= 0.6 is 0 Å². The Bertz CT molecular complexity index is 348. The predicted octanol–water partition coefficient (Wildman–Crippen LogP) is 1.10. The van der Waals surface area contributed by atoms with Gasteiger partial charge in [0.15, 0.2) is 6.10 Å². The molecular formula is C12H19NO5. The van der Waals surface area contributed by atoms with Crippen LogP contribution in [-0.4, -0.2) is 53.0 Å². The maximum Gasteiger partial charge on any atom is 0.410 e. The Labute approximate surface area is 106 Å². The normalized spacial score (nSPS) is 31.3. The van der Waals surface area contributed by atoms with E-state index in [2.05, 4.69) is 0 Å². The van der Waals surface area contributed by atoms with Gasteiger partial charge in [0.25, 0.3) is 0 Å². The van der Waals surface area contributed by atoms with Gasteiger partial charge in [0.05, 0.1) is 12.6 Å². The number of carbonyl (C=O) groups is 2. The number of carbonyl (C=O) groups excluding carboxylic acids is 1. The summed E-state index contributed by atoms with van der Waals surface area (Å²) in [7, 11) is 0. The first-order chi connectivity index (χ1) is 8.26. The molecule has 18 heavy (non-hydrogen) atoms. The summed E-state index contributed by atoms with van der Waals surface area (Å²) in [6.07, 6.45) is -0.772. The van der Waals surface area contributed by atoms with Crippen LogP contribution in [0.2, 0.25) is 0 Å². The number of carboxylic acid groups (broad SMARTS) is 1. The molecule has 2 saturated heterocycles. The molecule has 0 aromatic heterocycles. The summed E-state index contributed by atoms with van der Waals surface area (Å²) in [5.74, 6) is -0.813. The van der Waals surface area contributed by atoms with E-state index in [-0.39, 0.29) is 18.1 Å². The van der Waals surface area contributed by atoms with Crippen LogP contribution < -0.4 is 0 Å². The molecule has 6 nitrogen and oxygen atoms in total. The summed E-state index contributed by atoms with van der Waals surface area (Å²) in [6, 6.07) is 0. The Kier molecular flexibility index (Phi) is 3.23. The van der Waals surface area contributed by atoms with Crippen molar-refractivity contribution in [3.63, 3.8) is 0 Å². The summed E-state index contributed by atoms with van der Waals surface area (Å²) in [4.78, 5) is 24.2. The lowest BCUT2D eigenvalue weighted by Gasteiger charge is -2.25. The molecule has 0 spiro atoms. The van der Waals surface area contributed by atoms with E-state index < -0.39 is 17.7 Å². The first kappa shape index (κ1) is 13.1. The maximum atomic E-state index is 11.8. The van der Waals surface area contributed by atoms with Crippen molar-refractivity contribution >= 4 is 12.1 Å². The molecule has 2 aliphatic rings. The molecule has 1 amide bonds. The molecule has 0 saturated carbocycles. The molecule has 2 heterocycles. The molecule has 102 valence electrons. The van der Waals surface area contributed by atoms with Crippen LogP contribution in [0.5, 0.6) is 0 Å². The van der Waals surface area contributed by atoms with Gasteiger partial charge in [-0.1, -0.05) is 0 Å². The number of hydrogen-bond acceptors (Lipinski definition) is 4. The van der Waals surface area contributed by atoms with Crippen LogP contribution in [0.4, 0.5) is 4.79 Å². The van der Waals surface area contributed by atoms with Gasteiger partial charge in [0, 0.05) is 12.5 Å². The molecule has 0 aromatic rings. The average molecular weight is 257 g/mol. The largest absolute Gasteiger partial charge is 0.479 e. The summed E-state index contributed by atoms with van der Waals surface area (Å²) in [6.45, 7) is 6.39. The van der Waals surface area contributed by atoms with Crippen LogP contribution in [0, 0.1) is 5.92 Å². The molecule has 2 fully saturated rings. The molecule has 0 aromatic carbocycles. The zero-order valence-electron chi connectivity index (χ0n) is 10.9. The Morgan fingerprint density at radius 2 is 2.00 bits per heavy atom. The summed E-state index contributed by atoms with van der Waals surface area (Å²) in [5, 5.41) is 8.87. The maximum absolute atomic E-state index is 11.8. The fourth-order valence-electron chi connectivity index (χ4n) is 2.40. The van der Waals surface area contributed by atoms with Crippen LogP contribution in [-0.2, 0) is 14.3 Å². The zero-order chi connectivity index (χ0) is 13.5. The van der Waals surface area contributed by atoms with Crippen molar-refractivity contribution in [2.75, 3.05) is 13.1 Å². The highest BCUT2D eigenvalue weighted by Gasteiger charge is 2.46. The molecule has 2 aliphatic heterocycles. The molecular weight excluding hydrogens is 238 g/mol. The van der Waals surface area contributed by atoms with Crippen LogP contribution in [0.3, 0.4) is 0 Å². The molecule has 0 radical (unpaired) electrons. The monoisotopic (exact) mass is 257 g/mol. The third kappa shape index (κ3) is 2.75. The molecule has 1 N–H and O–H groups in total. The second-order valence-electron chi connectivity index (χ2n) is 5.88. The van der Waals surface area contributed by atoms with E-state index >= 15 is 0 Å². The van der Waals surface area contributed by atoms with Gasteiger partial charge in [-0.25, -0.2) is 9.59 Å². The number of aliphatic carboxylic acids is 1. The second-order valence-corrected chi connectivity index (χ2v) is 5.88. The van der Waals surface area contributed by atoms with Gasteiger partial charge in [-0.3, -0.25) is 0 Å². The van der Waals surface area contributed by atoms with Gasteiger partial charge in [-0.05, 0) is 27.2 Å². The van der Waals surface area contributed by atoms with Crippen LogP contribution in [0.15, 0.2) is 0 Å². The Morgan fingerprint density at radius 3 is 2.50 bits per heavy atom. The smallest absolute Gasteiger partial charge is 0.410 e. The van der Waals surface area contributed by atoms with Crippen molar-refractivity contribution in [3.05, 3.63) is 0 Å². The lowest BCUT2D eigenvalue weighted by Crippen LogP contribution is -2.37. The second kappa shape index (κ2) is 4.42. The molecule has 2 rings (SSSR count). The quantitative estimate of drug-likeness (QED) is 0.761. The molecule has 0 aliphatic carbocycles. The predicted molar refractivity (Wildman–Crippen MR) is 62.2 cm³/mol. The molecule has 0 unspecified atom stereocenters. The number of nitrogens with zero attached hydrogens (tertiary/aromatic N) is 1. The van der Waals surface area contributed by atoms with Crippen molar-refractivity contribution in [2.45, 2.75) is 45.0 Å². The first-order valence-electron chi connectivity index (χ1n) is 6.12. The van der Waals surface area contributed by atoms with E-state index in [1.54, 1.807) is 4.90 Å². The Hall–Kier alpha value is -1.30. The first-order valence-corrected chi connectivity index (χ1v) is 6.12. The topological polar surface area (TPSA) is 76.1 Å². The number of amides is 1. The Balaban J connectivity index is 1.89. The summed E-state index contributed by atoms with van der Waals surface area (Å²) in [5.41, 5.74) is -0.515. The van der Waals surface area contributed by atoms with Crippen LogP contribution in [0.1, 0.15) is 27.2 Å². The van der Waals surface area contributed by atoms with E-state index in [1.165, 1.54) is 0 Å². The zero-order valence-corrected chi connectivity index (χ0v) is 10.9. The van der Waals surface area contributed by atoms with E-state index in [1.807, 2.05) is 20.8 Å². The van der Waals surface area contributed by atoms with Gasteiger partial charge in [0.2, 0.25) is 0 Å². The number of rotatable bonds is 1. The lowest BCUT2D eigenvalue weighted by molar-refractivity contribution is -0.149. The fourth-order valence-corrected chi connectivity index (χ4v) is 2.40. The van der Waals surface area contributed by atoms with E-state index in [4.69, 9.17) is 14.6 Å². The third-order valence-corrected chi connectivity index (χ3v) is 3.16. The average Bonchev–Trinajstić information content (AvgIpc) is 2.69. The minimum Gasteiger partial charge on any atom is -0.479 e. The van der Waals surface area contributed by atoms with E-state index in [0.29, 0.717) is 19.5 Å². The minimum absolute atomic E-state index is 0.110. The van der Waals surface area contributed by atoms with Crippen LogP contribution in [0.25, 0.3) is 0 Å². The van der Waals surface area contributed by atoms with E-state index in [9.17, 15) is 9.59 Å². The third-order valence-electron chi connectivity index (χ3n) is 3.16. The van der Waals surface area contributed by atoms with Crippen molar-refractivity contribution < 1.29 is 24.2 Å². The molecule has 3 atom stereocenters.